The second-order valence-electron chi connectivity index (χ2n) is 4.23. The van der Waals surface area contributed by atoms with Crippen LogP contribution in [0.2, 0.25) is 5.28 Å². The minimum atomic E-state index is 0.180. The number of nitrogens with zero attached hydrogens (tertiary/aromatic N) is 4. The molecule has 0 amide bonds. The molecule has 0 aliphatic heterocycles. The lowest BCUT2D eigenvalue weighted by Crippen LogP contribution is -2.33. The van der Waals surface area contributed by atoms with Crippen molar-refractivity contribution >= 4 is 17.5 Å². The smallest absolute Gasteiger partial charge is 0.322 e. The summed E-state index contributed by atoms with van der Waals surface area (Å²) in [5.41, 5.74) is 0. The Bertz CT molecular complexity index is 384. The third-order valence-corrected chi connectivity index (χ3v) is 3.30. The second kappa shape index (κ2) is 5.49. The Balaban J connectivity index is 2.13. The Labute approximate surface area is 106 Å². The van der Waals surface area contributed by atoms with Gasteiger partial charge in [-0.3, -0.25) is 0 Å². The predicted molar refractivity (Wildman–Crippen MR) is 66.6 cm³/mol. The summed E-state index contributed by atoms with van der Waals surface area (Å²) in [4.78, 5) is 14.4. The third kappa shape index (κ3) is 2.97. The van der Waals surface area contributed by atoms with Gasteiger partial charge in [-0.05, 0) is 37.3 Å². The van der Waals surface area contributed by atoms with Gasteiger partial charge in [0, 0.05) is 13.1 Å². The molecule has 0 atom stereocenters. The summed E-state index contributed by atoms with van der Waals surface area (Å²) in [5, 5.41) is 0.180. The summed E-state index contributed by atoms with van der Waals surface area (Å²) < 4.78 is 5.00. The fourth-order valence-electron chi connectivity index (χ4n) is 1.89. The highest BCUT2D eigenvalue weighted by atomic mass is 35.5. The molecule has 0 bridgehead atoms. The molecule has 0 unspecified atom stereocenters. The molecule has 1 fully saturated rings. The lowest BCUT2D eigenvalue weighted by Gasteiger charge is -2.31. The highest BCUT2D eigenvalue weighted by molar-refractivity contribution is 6.28. The third-order valence-electron chi connectivity index (χ3n) is 3.13. The molecule has 1 aromatic heterocycles. The molecule has 5 nitrogen and oxygen atoms in total. The lowest BCUT2D eigenvalue weighted by atomic mass is 9.85. The van der Waals surface area contributed by atoms with Gasteiger partial charge in [0.15, 0.2) is 0 Å². The SMILES string of the molecule is CCN(CC1CCC1)c1nc(Cl)nc(OC)n1. The first-order valence-corrected chi connectivity index (χ1v) is 6.31. The van der Waals surface area contributed by atoms with Gasteiger partial charge in [-0.25, -0.2) is 0 Å². The first kappa shape index (κ1) is 12.4. The molecule has 0 aromatic carbocycles. The molecule has 0 spiro atoms. The molecular weight excluding hydrogens is 240 g/mol. The van der Waals surface area contributed by atoms with Gasteiger partial charge in [-0.15, -0.1) is 0 Å². The van der Waals surface area contributed by atoms with E-state index >= 15 is 0 Å². The molecule has 2 rings (SSSR count). The maximum atomic E-state index is 5.85. The molecular formula is C11H17ClN4O. The number of methoxy groups -OCH3 is 1. The number of anilines is 1. The van der Waals surface area contributed by atoms with Crippen LogP contribution in [0.4, 0.5) is 5.95 Å². The fraction of sp³-hybridized carbons (Fsp3) is 0.727. The van der Waals surface area contributed by atoms with Gasteiger partial charge in [0.25, 0.3) is 0 Å². The van der Waals surface area contributed by atoms with Crippen molar-refractivity contribution in [2.75, 3.05) is 25.1 Å². The number of aromatic nitrogens is 3. The van der Waals surface area contributed by atoms with Gasteiger partial charge in [-0.1, -0.05) is 6.42 Å². The Morgan fingerprint density at radius 3 is 2.65 bits per heavy atom. The van der Waals surface area contributed by atoms with Gasteiger partial charge < -0.3 is 9.64 Å². The minimum Gasteiger partial charge on any atom is -0.467 e. The van der Waals surface area contributed by atoms with Crippen LogP contribution in [0.3, 0.4) is 0 Å². The molecule has 17 heavy (non-hydrogen) atoms. The molecule has 1 aromatic rings. The number of halogens is 1. The van der Waals surface area contributed by atoms with Crippen molar-refractivity contribution in [3.63, 3.8) is 0 Å². The van der Waals surface area contributed by atoms with Crippen molar-refractivity contribution in [1.29, 1.82) is 0 Å². The normalized spacial score (nSPS) is 15.5. The van der Waals surface area contributed by atoms with E-state index in [0.29, 0.717) is 5.95 Å². The average molecular weight is 257 g/mol. The van der Waals surface area contributed by atoms with Crippen molar-refractivity contribution < 1.29 is 4.74 Å². The number of hydrogen-bond donors (Lipinski definition) is 0. The number of rotatable bonds is 5. The Kier molecular flexibility index (Phi) is 3.99. The summed E-state index contributed by atoms with van der Waals surface area (Å²) >= 11 is 5.85. The van der Waals surface area contributed by atoms with Gasteiger partial charge in [0.1, 0.15) is 0 Å². The van der Waals surface area contributed by atoms with E-state index in [4.69, 9.17) is 16.3 Å². The van der Waals surface area contributed by atoms with E-state index in [-0.39, 0.29) is 11.3 Å². The zero-order valence-corrected chi connectivity index (χ0v) is 10.9. The quantitative estimate of drug-likeness (QED) is 0.808. The van der Waals surface area contributed by atoms with E-state index in [2.05, 4.69) is 26.8 Å². The molecule has 1 aliphatic rings. The topological polar surface area (TPSA) is 51.1 Å². The highest BCUT2D eigenvalue weighted by Crippen LogP contribution is 2.28. The lowest BCUT2D eigenvalue weighted by molar-refractivity contribution is 0.316. The fourth-order valence-corrected chi connectivity index (χ4v) is 2.04. The summed E-state index contributed by atoms with van der Waals surface area (Å²) in [7, 11) is 1.53. The molecule has 1 saturated carbocycles. The maximum Gasteiger partial charge on any atom is 0.322 e. The van der Waals surface area contributed by atoms with Crippen LogP contribution in [0.15, 0.2) is 0 Å². The summed E-state index contributed by atoms with van der Waals surface area (Å²) in [6, 6.07) is 0.270. The van der Waals surface area contributed by atoms with E-state index < -0.39 is 0 Å². The van der Waals surface area contributed by atoms with E-state index in [1.54, 1.807) is 0 Å². The van der Waals surface area contributed by atoms with Gasteiger partial charge in [0.05, 0.1) is 7.11 Å². The van der Waals surface area contributed by atoms with Crippen molar-refractivity contribution in [2.45, 2.75) is 26.2 Å². The zero-order chi connectivity index (χ0) is 12.3. The van der Waals surface area contributed by atoms with Crippen LogP contribution in [-0.4, -0.2) is 35.2 Å². The van der Waals surface area contributed by atoms with E-state index in [1.165, 1.54) is 26.4 Å². The molecule has 1 aliphatic carbocycles. The van der Waals surface area contributed by atoms with E-state index in [0.717, 1.165) is 19.0 Å². The Hall–Kier alpha value is -1.10. The monoisotopic (exact) mass is 256 g/mol. The standard InChI is InChI=1S/C11H17ClN4O/c1-3-16(7-8-5-4-6-8)10-13-9(12)14-11(15-10)17-2/h8H,3-7H2,1-2H3. The van der Waals surface area contributed by atoms with Crippen LogP contribution >= 0.6 is 11.6 Å². The van der Waals surface area contributed by atoms with Gasteiger partial charge in [0.2, 0.25) is 11.2 Å². The van der Waals surface area contributed by atoms with Crippen molar-refractivity contribution in [2.24, 2.45) is 5.92 Å². The van der Waals surface area contributed by atoms with Crippen molar-refractivity contribution in [3.05, 3.63) is 5.28 Å². The van der Waals surface area contributed by atoms with Crippen LogP contribution < -0.4 is 9.64 Å². The molecule has 0 saturated heterocycles. The first-order valence-electron chi connectivity index (χ1n) is 5.93. The summed E-state index contributed by atoms with van der Waals surface area (Å²) in [5.74, 6) is 1.37. The van der Waals surface area contributed by atoms with Crippen LogP contribution in [0.25, 0.3) is 0 Å². The van der Waals surface area contributed by atoms with Crippen LogP contribution in [0.1, 0.15) is 26.2 Å². The van der Waals surface area contributed by atoms with Crippen LogP contribution in [0, 0.1) is 5.92 Å². The van der Waals surface area contributed by atoms with Crippen LogP contribution in [0.5, 0.6) is 6.01 Å². The first-order chi connectivity index (χ1) is 8.22. The Morgan fingerprint density at radius 2 is 2.12 bits per heavy atom. The number of hydrogen-bond acceptors (Lipinski definition) is 5. The van der Waals surface area contributed by atoms with Crippen molar-refractivity contribution in [3.8, 4) is 6.01 Å². The molecule has 0 radical (unpaired) electrons. The number of ether oxygens (including phenoxy) is 1. The van der Waals surface area contributed by atoms with Gasteiger partial charge >= 0.3 is 6.01 Å². The largest absolute Gasteiger partial charge is 0.467 e. The average Bonchev–Trinajstić information content (AvgIpc) is 2.27. The zero-order valence-electron chi connectivity index (χ0n) is 10.2. The van der Waals surface area contributed by atoms with Crippen molar-refractivity contribution in [1.82, 2.24) is 15.0 Å². The summed E-state index contributed by atoms with van der Waals surface area (Å²) in [6.07, 6.45) is 3.93. The van der Waals surface area contributed by atoms with E-state index in [1.807, 2.05) is 0 Å². The Morgan fingerprint density at radius 1 is 1.35 bits per heavy atom. The van der Waals surface area contributed by atoms with Gasteiger partial charge in [-0.2, -0.15) is 15.0 Å². The second-order valence-corrected chi connectivity index (χ2v) is 4.56. The van der Waals surface area contributed by atoms with E-state index in [9.17, 15) is 0 Å². The maximum absolute atomic E-state index is 5.85. The molecule has 94 valence electrons. The van der Waals surface area contributed by atoms with Crippen LogP contribution in [-0.2, 0) is 0 Å². The highest BCUT2D eigenvalue weighted by Gasteiger charge is 2.22. The molecule has 6 heteroatoms. The molecule has 1 heterocycles. The summed E-state index contributed by atoms with van der Waals surface area (Å²) in [6.45, 7) is 3.93. The predicted octanol–water partition coefficient (Wildman–Crippen LogP) is 2.16. The minimum absolute atomic E-state index is 0.180. The molecule has 0 N–H and O–H groups in total.